The first-order valence-corrected chi connectivity index (χ1v) is 12.8. The zero-order valence-corrected chi connectivity index (χ0v) is 21.7. The van der Waals surface area contributed by atoms with Crippen LogP contribution in [0.15, 0.2) is 42.5 Å². The average Bonchev–Trinajstić information content (AvgIpc) is 2.91. The fraction of sp³-hybridized carbons (Fsp3) is 0.429. The predicted octanol–water partition coefficient (Wildman–Crippen LogP) is 4.55. The summed E-state index contributed by atoms with van der Waals surface area (Å²) in [6, 6.07) is 12.6. The molecule has 3 heterocycles. The predicted molar refractivity (Wildman–Crippen MR) is 145 cm³/mol. The van der Waals surface area contributed by atoms with Crippen molar-refractivity contribution >= 4 is 33.9 Å². The highest BCUT2D eigenvalue weighted by molar-refractivity contribution is 6.05. The number of aryl methyl sites for hydroxylation is 1. The standard InChI is InChI=1S/C26H30FN5O2.C2H6/c1-18-15-23(26(33)28-20-3-5-21(6-4-20)31-11-13-34-14-12-31)29-25-22(18)16-19(27)17-24(25)32-9-7-30(2)8-10-32;1-2/h3-6,15-17H,7-14H2,1-2H3,(H,28,33);1-2H3. The third-order valence-electron chi connectivity index (χ3n) is 6.64. The monoisotopic (exact) mass is 493 g/mol. The second-order valence-corrected chi connectivity index (χ2v) is 9.04. The number of likely N-dealkylation sites (N-methyl/N-ethyl adjacent to an activating group) is 1. The number of ether oxygens (including phenoxy) is 1. The summed E-state index contributed by atoms with van der Waals surface area (Å²) >= 11 is 0. The third kappa shape index (κ3) is 5.77. The number of piperazine rings is 1. The van der Waals surface area contributed by atoms with Crippen molar-refractivity contribution in [3.8, 4) is 0 Å². The number of hydrogen-bond donors (Lipinski definition) is 1. The highest BCUT2D eigenvalue weighted by atomic mass is 19.1. The lowest BCUT2D eigenvalue weighted by molar-refractivity contribution is 0.102. The fourth-order valence-corrected chi connectivity index (χ4v) is 4.62. The van der Waals surface area contributed by atoms with Gasteiger partial charge in [0.2, 0.25) is 0 Å². The minimum absolute atomic E-state index is 0.280. The van der Waals surface area contributed by atoms with Crippen LogP contribution < -0.4 is 15.1 Å². The van der Waals surface area contributed by atoms with Gasteiger partial charge in [-0.3, -0.25) is 4.79 Å². The SMILES string of the molecule is CC.Cc1cc(C(=O)Nc2ccc(N3CCOCC3)cc2)nc2c(N3CCN(C)CC3)cc(F)cc12. The van der Waals surface area contributed by atoms with E-state index in [0.717, 1.165) is 74.8 Å². The van der Waals surface area contributed by atoms with Crippen LogP contribution in [0, 0.1) is 12.7 Å². The quantitative estimate of drug-likeness (QED) is 0.576. The number of carbonyl (C=O) groups excluding carboxylic acids is 1. The molecule has 0 aliphatic carbocycles. The molecule has 5 rings (SSSR count). The molecule has 0 unspecified atom stereocenters. The molecule has 0 bridgehead atoms. The van der Waals surface area contributed by atoms with Crippen molar-refractivity contribution in [2.24, 2.45) is 0 Å². The van der Waals surface area contributed by atoms with Crippen LogP contribution in [0.2, 0.25) is 0 Å². The van der Waals surface area contributed by atoms with Crippen LogP contribution in [0.25, 0.3) is 10.9 Å². The Kier molecular flexibility index (Phi) is 8.38. The smallest absolute Gasteiger partial charge is 0.274 e. The molecular formula is C28H36FN5O2. The van der Waals surface area contributed by atoms with E-state index in [9.17, 15) is 9.18 Å². The van der Waals surface area contributed by atoms with Crippen molar-refractivity contribution < 1.29 is 13.9 Å². The second-order valence-electron chi connectivity index (χ2n) is 9.04. The first-order valence-electron chi connectivity index (χ1n) is 12.8. The molecule has 2 fully saturated rings. The molecule has 0 saturated carbocycles. The van der Waals surface area contributed by atoms with Gasteiger partial charge < -0.3 is 24.8 Å². The first kappa shape index (κ1) is 25.9. The maximum Gasteiger partial charge on any atom is 0.274 e. The van der Waals surface area contributed by atoms with E-state index in [2.05, 4.69) is 27.1 Å². The average molecular weight is 494 g/mol. The molecule has 1 amide bonds. The Morgan fingerprint density at radius 2 is 1.61 bits per heavy atom. The number of amides is 1. The van der Waals surface area contributed by atoms with Crippen molar-refractivity contribution in [1.82, 2.24) is 9.88 Å². The summed E-state index contributed by atoms with van der Waals surface area (Å²) in [6.45, 7) is 12.5. The number of nitrogens with zero attached hydrogens (tertiary/aromatic N) is 4. The lowest BCUT2D eigenvalue weighted by Crippen LogP contribution is -2.44. The van der Waals surface area contributed by atoms with Gasteiger partial charge in [0.05, 0.1) is 24.4 Å². The molecule has 2 aromatic carbocycles. The number of morpholine rings is 1. The molecule has 2 saturated heterocycles. The molecule has 2 aliphatic rings. The normalized spacial score (nSPS) is 16.5. The molecule has 7 nitrogen and oxygen atoms in total. The number of rotatable bonds is 4. The first-order chi connectivity index (χ1) is 17.5. The number of anilines is 3. The highest BCUT2D eigenvalue weighted by Crippen LogP contribution is 2.30. The summed E-state index contributed by atoms with van der Waals surface area (Å²) in [7, 11) is 2.08. The number of hydrogen-bond acceptors (Lipinski definition) is 6. The van der Waals surface area contributed by atoms with E-state index < -0.39 is 0 Å². The lowest BCUT2D eigenvalue weighted by atomic mass is 10.1. The summed E-state index contributed by atoms with van der Waals surface area (Å²) in [6.07, 6.45) is 0. The van der Waals surface area contributed by atoms with Gasteiger partial charge in [0.25, 0.3) is 5.91 Å². The van der Waals surface area contributed by atoms with Crippen LogP contribution in [0.4, 0.5) is 21.5 Å². The van der Waals surface area contributed by atoms with E-state index in [1.165, 1.54) is 12.1 Å². The van der Waals surface area contributed by atoms with Crippen molar-refractivity contribution in [3.05, 3.63) is 59.5 Å². The maximum atomic E-state index is 14.5. The summed E-state index contributed by atoms with van der Waals surface area (Å²) in [5, 5.41) is 3.69. The van der Waals surface area contributed by atoms with Gasteiger partial charge in [-0.25, -0.2) is 9.37 Å². The van der Waals surface area contributed by atoms with Crippen LogP contribution in [-0.4, -0.2) is 75.3 Å². The Bertz CT molecular complexity index is 1190. The Morgan fingerprint density at radius 1 is 0.944 bits per heavy atom. The molecule has 0 spiro atoms. The Hall–Kier alpha value is -3.23. The number of nitrogens with one attached hydrogen (secondary N) is 1. The highest BCUT2D eigenvalue weighted by Gasteiger charge is 2.21. The van der Waals surface area contributed by atoms with Crippen molar-refractivity contribution in [1.29, 1.82) is 0 Å². The molecule has 8 heteroatoms. The van der Waals surface area contributed by atoms with Gasteiger partial charge in [-0.15, -0.1) is 0 Å². The molecule has 2 aliphatic heterocycles. The topological polar surface area (TPSA) is 60.9 Å². The van der Waals surface area contributed by atoms with Gasteiger partial charge in [-0.2, -0.15) is 0 Å². The van der Waals surface area contributed by atoms with E-state index in [1.807, 2.05) is 45.0 Å². The van der Waals surface area contributed by atoms with Crippen molar-refractivity contribution in [2.45, 2.75) is 20.8 Å². The molecule has 1 aromatic heterocycles. The van der Waals surface area contributed by atoms with Crippen LogP contribution >= 0.6 is 0 Å². The van der Waals surface area contributed by atoms with E-state index in [-0.39, 0.29) is 11.7 Å². The number of pyridine rings is 1. The molecule has 0 atom stereocenters. The molecule has 3 aromatic rings. The molecule has 192 valence electrons. The van der Waals surface area contributed by atoms with Crippen LogP contribution in [0.3, 0.4) is 0 Å². The van der Waals surface area contributed by atoms with Gasteiger partial charge in [-0.1, -0.05) is 13.8 Å². The fourth-order valence-electron chi connectivity index (χ4n) is 4.62. The van der Waals surface area contributed by atoms with Crippen LogP contribution in [0.1, 0.15) is 29.9 Å². The summed E-state index contributed by atoms with van der Waals surface area (Å²) < 4.78 is 19.9. The number of fused-ring (bicyclic) bond motifs is 1. The minimum atomic E-state index is -0.288. The summed E-state index contributed by atoms with van der Waals surface area (Å²) in [5.74, 6) is -0.568. The van der Waals surface area contributed by atoms with Gasteiger partial charge in [0.1, 0.15) is 11.5 Å². The van der Waals surface area contributed by atoms with Crippen LogP contribution in [-0.2, 0) is 4.74 Å². The van der Waals surface area contributed by atoms with Crippen molar-refractivity contribution in [2.75, 3.05) is 74.6 Å². The van der Waals surface area contributed by atoms with Crippen LogP contribution in [0.5, 0.6) is 0 Å². The van der Waals surface area contributed by atoms with E-state index in [1.54, 1.807) is 6.07 Å². The largest absolute Gasteiger partial charge is 0.378 e. The minimum Gasteiger partial charge on any atom is -0.378 e. The zero-order chi connectivity index (χ0) is 25.7. The van der Waals surface area contributed by atoms with E-state index >= 15 is 0 Å². The molecule has 36 heavy (non-hydrogen) atoms. The van der Waals surface area contributed by atoms with E-state index in [0.29, 0.717) is 16.9 Å². The molecule has 1 N–H and O–H groups in total. The Labute approximate surface area is 212 Å². The van der Waals surface area contributed by atoms with Crippen molar-refractivity contribution in [3.63, 3.8) is 0 Å². The number of benzene rings is 2. The zero-order valence-electron chi connectivity index (χ0n) is 21.7. The number of halogens is 1. The molecule has 0 radical (unpaired) electrons. The lowest BCUT2D eigenvalue weighted by Gasteiger charge is -2.34. The van der Waals surface area contributed by atoms with Gasteiger partial charge in [-0.05, 0) is 62.0 Å². The summed E-state index contributed by atoms with van der Waals surface area (Å²) in [4.78, 5) is 24.5. The Balaban J connectivity index is 0.00000148. The third-order valence-corrected chi connectivity index (χ3v) is 6.64. The Morgan fingerprint density at radius 3 is 2.28 bits per heavy atom. The van der Waals surface area contributed by atoms with E-state index in [4.69, 9.17) is 9.72 Å². The van der Waals surface area contributed by atoms with Gasteiger partial charge >= 0.3 is 0 Å². The number of aromatic nitrogens is 1. The molecular weight excluding hydrogens is 457 g/mol. The summed E-state index contributed by atoms with van der Waals surface area (Å²) in [5.41, 5.74) is 4.38. The van der Waals surface area contributed by atoms with Gasteiger partial charge in [0.15, 0.2) is 0 Å². The number of carbonyl (C=O) groups is 1. The second kappa shape index (κ2) is 11.7. The maximum absolute atomic E-state index is 14.5. The van der Waals surface area contributed by atoms with Gasteiger partial charge in [0, 0.05) is 56.0 Å².